The molecule has 1 saturated heterocycles. The molecule has 2 heterocycles. The molecule has 0 aromatic carbocycles. The summed E-state index contributed by atoms with van der Waals surface area (Å²) in [5, 5.41) is 12.5. The number of unbranched alkanes of at least 4 members (excludes halogenated alkanes) is 1. The van der Waals surface area contributed by atoms with E-state index in [1.165, 1.54) is 4.90 Å². The maximum atomic E-state index is 14.1. The predicted molar refractivity (Wildman–Crippen MR) is 102 cm³/mol. The molecular formula is C19H29FN4O4. The van der Waals surface area contributed by atoms with Crippen LogP contribution in [0.4, 0.5) is 10.2 Å². The van der Waals surface area contributed by atoms with Gasteiger partial charge in [0.2, 0.25) is 18.2 Å². The van der Waals surface area contributed by atoms with Gasteiger partial charge in [0, 0.05) is 14.0 Å². The third-order valence-electron chi connectivity index (χ3n) is 4.78. The molecule has 1 aromatic heterocycles. The second-order valence-corrected chi connectivity index (χ2v) is 7.12. The minimum absolute atomic E-state index is 0. The minimum atomic E-state index is -1.31. The molecule has 3 amide bonds. The van der Waals surface area contributed by atoms with Crippen molar-refractivity contribution in [2.24, 2.45) is 5.92 Å². The summed E-state index contributed by atoms with van der Waals surface area (Å²) in [5.41, 5.74) is 0.932. The summed E-state index contributed by atoms with van der Waals surface area (Å²) < 4.78 is 14.1. The molecule has 1 aliphatic rings. The lowest BCUT2D eigenvalue weighted by Crippen LogP contribution is -2.47. The van der Waals surface area contributed by atoms with Crippen LogP contribution in [0.2, 0.25) is 0 Å². The van der Waals surface area contributed by atoms with Gasteiger partial charge in [-0.05, 0) is 25.0 Å². The van der Waals surface area contributed by atoms with Crippen LogP contribution < -0.4 is 5.32 Å². The summed E-state index contributed by atoms with van der Waals surface area (Å²) in [6.45, 7) is 3.44. The summed E-state index contributed by atoms with van der Waals surface area (Å²) in [7, 11) is 0. The van der Waals surface area contributed by atoms with E-state index in [0.29, 0.717) is 23.7 Å². The van der Waals surface area contributed by atoms with Crippen LogP contribution in [0.1, 0.15) is 39.6 Å². The second kappa shape index (κ2) is 10.1. The summed E-state index contributed by atoms with van der Waals surface area (Å²) in [6.07, 6.45) is 2.38. The zero-order valence-electron chi connectivity index (χ0n) is 16.2. The third-order valence-corrected chi connectivity index (χ3v) is 4.78. The highest BCUT2D eigenvalue weighted by atomic mass is 19.1. The number of rotatable bonds is 9. The lowest BCUT2D eigenvalue weighted by Gasteiger charge is -2.28. The third kappa shape index (κ3) is 5.72. The van der Waals surface area contributed by atoms with E-state index in [2.05, 4.69) is 10.3 Å². The Bertz CT molecular complexity index is 691. The van der Waals surface area contributed by atoms with Crippen molar-refractivity contribution < 1.29 is 25.4 Å². The smallest absolute Gasteiger partial charge is 0.248 e. The Kier molecular flexibility index (Phi) is 7.86. The van der Waals surface area contributed by atoms with Crippen molar-refractivity contribution in [1.29, 1.82) is 0 Å². The number of nitrogens with one attached hydrogen (secondary N) is 1. The lowest BCUT2D eigenvalue weighted by atomic mass is 9.99. The van der Waals surface area contributed by atoms with Crippen molar-refractivity contribution in [3.8, 4) is 0 Å². The largest absolute Gasteiger partial charge is 0.327 e. The summed E-state index contributed by atoms with van der Waals surface area (Å²) in [4.78, 5) is 41.7. The van der Waals surface area contributed by atoms with Crippen LogP contribution in [0.25, 0.3) is 0 Å². The Balaban J connectivity index is 0.00000420. The van der Waals surface area contributed by atoms with Crippen LogP contribution in [-0.4, -0.2) is 63.7 Å². The first-order valence-corrected chi connectivity index (χ1v) is 9.44. The van der Waals surface area contributed by atoms with Crippen LogP contribution in [0, 0.1) is 12.8 Å². The fourth-order valence-electron chi connectivity index (χ4n) is 3.27. The normalized spacial score (nSPS) is 19.9. The van der Waals surface area contributed by atoms with Gasteiger partial charge < -0.3 is 10.2 Å². The highest BCUT2D eigenvalue weighted by Crippen LogP contribution is 2.25. The van der Waals surface area contributed by atoms with Gasteiger partial charge in [-0.3, -0.25) is 19.6 Å². The number of carbonyl (C=O) groups excluding carboxylic acids is 3. The molecule has 0 unspecified atom stereocenters. The van der Waals surface area contributed by atoms with E-state index in [9.17, 15) is 24.0 Å². The molecule has 2 N–H and O–H groups in total. The zero-order chi connectivity index (χ0) is 20.7. The number of amides is 3. The Labute approximate surface area is 165 Å². The van der Waals surface area contributed by atoms with E-state index >= 15 is 0 Å². The Hall–Kier alpha value is -2.55. The quantitative estimate of drug-likeness (QED) is 0.378. The molecule has 2 rings (SSSR count). The number of aryl methyl sites for hydroxylation is 1. The van der Waals surface area contributed by atoms with Crippen molar-refractivity contribution in [2.75, 3.05) is 18.4 Å². The number of anilines is 1. The molecule has 1 fully saturated rings. The molecule has 3 atom stereocenters. The Morgan fingerprint density at radius 3 is 2.89 bits per heavy atom. The number of halogens is 1. The summed E-state index contributed by atoms with van der Waals surface area (Å²) in [5.74, 6) is -1.31. The fourth-order valence-corrected chi connectivity index (χ4v) is 3.27. The summed E-state index contributed by atoms with van der Waals surface area (Å²) >= 11 is 0. The van der Waals surface area contributed by atoms with Crippen LogP contribution in [0.5, 0.6) is 0 Å². The average molecular weight is 396 g/mol. The molecule has 1 aliphatic heterocycles. The molecule has 0 bridgehead atoms. The van der Waals surface area contributed by atoms with E-state index < -0.39 is 29.9 Å². The molecule has 1 aromatic rings. The maximum absolute atomic E-state index is 14.1. The number of aromatic nitrogens is 1. The monoisotopic (exact) mass is 396 g/mol. The molecule has 0 radical (unpaired) electrons. The van der Waals surface area contributed by atoms with Crippen LogP contribution in [0.3, 0.4) is 0 Å². The van der Waals surface area contributed by atoms with E-state index in [4.69, 9.17) is 0 Å². The van der Waals surface area contributed by atoms with Gasteiger partial charge in [-0.1, -0.05) is 25.8 Å². The average Bonchev–Trinajstić information content (AvgIpc) is 3.08. The van der Waals surface area contributed by atoms with E-state index in [0.717, 1.165) is 12.0 Å². The summed E-state index contributed by atoms with van der Waals surface area (Å²) in [6, 6.07) is 2.46. The second-order valence-electron chi connectivity index (χ2n) is 7.12. The van der Waals surface area contributed by atoms with E-state index in [1.54, 1.807) is 18.3 Å². The van der Waals surface area contributed by atoms with Crippen LogP contribution >= 0.6 is 0 Å². The predicted octanol–water partition coefficient (Wildman–Crippen LogP) is 2.17. The van der Waals surface area contributed by atoms with Crippen molar-refractivity contribution in [1.82, 2.24) is 14.9 Å². The number of nitrogens with zero attached hydrogens (tertiary/aromatic N) is 3. The van der Waals surface area contributed by atoms with Gasteiger partial charge in [0.25, 0.3) is 0 Å². The van der Waals surface area contributed by atoms with Gasteiger partial charge in [0.05, 0.1) is 19.0 Å². The number of hydrogen-bond donors (Lipinski definition) is 2. The van der Waals surface area contributed by atoms with Gasteiger partial charge in [-0.15, -0.1) is 0 Å². The first-order valence-electron chi connectivity index (χ1n) is 9.44. The topological polar surface area (TPSA) is 103 Å². The Morgan fingerprint density at radius 2 is 2.29 bits per heavy atom. The molecule has 0 spiro atoms. The number of hydrogen-bond acceptors (Lipinski definition) is 5. The Morgan fingerprint density at radius 1 is 1.54 bits per heavy atom. The van der Waals surface area contributed by atoms with E-state index in [1.807, 2.05) is 13.8 Å². The fraction of sp³-hybridized carbons (Fsp3) is 0.579. The van der Waals surface area contributed by atoms with Gasteiger partial charge in [0.1, 0.15) is 18.0 Å². The van der Waals surface area contributed by atoms with Gasteiger partial charge in [-0.2, -0.15) is 0 Å². The standard InChI is InChI=1S/C19H27FN4O4.H2/c1-3-4-5-14(10-23(28)12-25)19(27)24-11-15(20)8-16(24)18(26)22-17-7-6-13(2)9-21-17;/h6-7,9,12,14-16,28H,3-5,8,10-11H2,1-2H3,(H,21,22,26);1H/t14-,15+,16+;/m1./s1. The zero-order valence-corrected chi connectivity index (χ0v) is 16.2. The van der Waals surface area contributed by atoms with Crippen molar-refractivity contribution in [3.63, 3.8) is 0 Å². The molecule has 156 valence electrons. The highest BCUT2D eigenvalue weighted by molar-refractivity contribution is 5.97. The van der Waals surface area contributed by atoms with Gasteiger partial charge in [-0.25, -0.2) is 14.4 Å². The molecule has 0 aliphatic carbocycles. The number of hydroxylamine groups is 2. The molecule has 0 saturated carbocycles. The van der Waals surface area contributed by atoms with Crippen LogP contribution in [-0.2, 0) is 14.4 Å². The van der Waals surface area contributed by atoms with E-state index in [-0.39, 0.29) is 27.3 Å². The maximum Gasteiger partial charge on any atom is 0.248 e. The van der Waals surface area contributed by atoms with Crippen molar-refractivity contribution in [2.45, 2.75) is 51.7 Å². The van der Waals surface area contributed by atoms with Gasteiger partial charge in [0.15, 0.2) is 0 Å². The number of carbonyl (C=O) groups is 3. The first-order chi connectivity index (χ1) is 13.3. The molecule has 28 heavy (non-hydrogen) atoms. The number of pyridine rings is 1. The van der Waals surface area contributed by atoms with Crippen molar-refractivity contribution >= 4 is 24.0 Å². The lowest BCUT2D eigenvalue weighted by molar-refractivity contribution is -0.157. The molecular weight excluding hydrogens is 367 g/mol. The first kappa shape index (κ1) is 21.7. The number of alkyl halides is 1. The number of likely N-dealkylation sites (tertiary alicyclic amines) is 1. The van der Waals surface area contributed by atoms with Crippen molar-refractivity contribution in [3.05, 3.63) is 23.9 Å². The highest BCUT2D eigenvalue weighted by Gasteiger charge is 2.42. The van der Waals surface area contributed by atoms with Gasteiger partial charge >= 0.3 is 0 Å². The molecule has 9 heteroatoms. The van der Waals surface area contributed by atoms with Crippen LogP contribution in [0.15, 0.2) is 18.3 Å². The molecule has 8 nitrogen and oxygen atoms in total. The minimum Gasteiger partial charge on any atom is -0.327 e. The SMILES string of the molecule is CCCC[C@H](CN(O)C=O)C(=O)N1C[C@@H](F)C[C@H]1C(=O)Nc1ccc(C)cn1.[HH].